The van der Waals surface area contributed by atoms with Gasteiger partial charge in [-0.1, -0.05) is 42.0 Å². The quantitative estimate of drug-likeness (QED) is 0.631. The number of nitrogens with zero attached hydrogens (tertiary/aromatic N) is 2. The van der Waals surface area contributed by atoms with Gasteiger partial charge in [-0.05, 0) is 57.5 Å². The summed E-state index contributed by atoms with van der Waals surface area (Å²) in [5, 5.41) is 3.07. The Kier molecular flexibility index (Phi) is 6.47. The Morgan fingerprint density at radius 2 is 1.84 bits per heavy atom. The molecule has 1 fully saturated rings. The summed E-state index contributed by atoms with van der Waals surface area (Å²) in [6.07, 6.45) is 1.63. The van der Waals surface area contributed by atoms with Crippen LogP contribution in [0.3, 0.4) is 0 Å². The van der Waals surface area contributed by atoms with Gasteiger partial charge < -0.3 is 9.73 Å². The van der Waals surface area contributed by atoms with E-state index in [0.717, 1.165) is 37.2 Å². The lowest BCUT2D eigenvalue weighted by atomic mass is 9.95. The molecule has 1 aliphatic heterocycles. The number of likely N-dealkylation sites (tertiary alicyclic amines) is 1. The lowest BCUT2D eigenvalue weighted by molar-refractivity contribution is -0.126. The van der Waals surface area contributed by atoms with Crippen LogP contribution in [0.15, 0.2) is 52.9 Å². The molecular formula is C25H28FN3O2. The maximum absolute atomic E-state index is 14.0. The van der Waals surface area contributed by atoms with E-state index < -0.39 is 0 Å². The standard InChI is InChI=1S/C25H28FN3O2/c1-17-7-9-19(10-8-17)15-27-24(30)20-11-13-29(14-12-20)16-23-18(2)31-25(28-23)21-5-3-4-6-22(21)26/h3-10,20H,11-16H2,1-2H3,(H,27,30). The smallest absolute Gasteiger partial charge is 0.229 e. The van der Waals surface area contributed by atoms with Crippen LogP contribution in [-0.4, -0.2) is 28.9 Å². The summed E-state index contributed by atoms with van der Waals surface area (Å²) in [6.45, 7) is 6.76. The third-order valence-corrected chi connectivity index (χ3v) is 5.92. The van der Waals surface area contributed by atoms with Crippen molar-refractivity contribution in [3.63, 3.8) is 0 Å². The minimum Gasteiger partial charge on any atom is -0.441 e. The van der Waals surface area contributed by atoms with Crippen LogP contribution in [-0.2, 0) is 17.9 Å². The highest BCUT2D eigenvalue weighted by Gasteiger charge is 2.26. The maximum atomic E-state index is 14.0. The van der Waals surface area contributed by atoms with Crippen molar-refractivity contribution >= 4 is 5.91 Å². The van der Waals surface area contributed by atoms with Crippen LogP contribution in [0.1, 0.15) is 35.4 Å². The Morgan fingerprint density at radius 1 is 1.13 bits per heavy atom. The highest BCUT2D eigenvalue weighted by Crippen LogP contribution is 2.26. The summed E-state index contributed by atoms with van der Waals surface area (Å²) < 4.78 is 19.8. The van der Waals surface area contributed by atoms with Crippen LogP contribution < -0.4 is 5.32 Å². The molecule has 0 radical (unpaired) electrons. The fraction of sp³-hybridized carbons (Fsp3) is 0.360. The molecule has 4 rings (SSSR count). The monoisotopic (exact) mass is 421 g/mol. The molecule has 2 aromatic carbocycles. The van der Waals surface area contributed by atoms with Crippen molar-refractivity contribution in [1.82, 2.24) is 15.2 Å². The number of halogens is 1. The zero-order valence-electron chi connectivity index (χ0n) is 18.0. The number of benzene rings is 2. The van der Waals surface area contributed by atoms with Gasteiger partial charge in [-0.2, -0.15) is 0 Å². The number of aryl methyl sites for hydroxylation is 2. The number of aromatic nitrogens is 1. The first-order valence-corrected chi connectivity index (χ1v) is 10.8. The molecule has 2 heterocycles. The van der Waals surface area contributed by atoms with Crippen molar-refractivity contribution in [2.24, 2.45) is 5.92 Å². The topological polar surface area (TPSA) is 58.4 Å². The molecule has 1 saturated heterocycles. The average molecular weight is 422 g/mol. The Balaban J connectivity index is 1.29. The fourth-order valence-corrected chi connectivity index (χ4v) is 3.93. The third kappa shape index (κ3) is 5.20. The first-order valence-electron chi connectivity index (χ1n) is 10.8. The van der Waals surface area contributed by atoms with E-state index in [0.29, 0.717) is 30.3 Å². The van der Waals surface area contributed by atoms with Gasteiger partial charge in [-0.15, -0.1) is 0 Å². The number of hydrogen-bond donors (Lipinski definition) is 1. The van der Waals surface area contributed by atoms with Gasteiger partial charge in [0, 0.05) is 19.0 Å². The lowest BCUT2D eigenvalue weighted by Crippen LogP contribution is -2.40. The molecule has 3 aromatic rings. The molecule has 0 saturated carbocycles. The van der Waals surface area contributed by atoms with E-state index in [-0.39, 0.29) is 17.6 Å². The molecule has 6 heteroatoms. The van der Waals surface area contributed by atoms with Gasteiger partial charge in [-0.25, -0.2) is 9.37 Å². The summed E-state index contributed by atoms with van der Waals surface area (Å²) >= 11 is 0. The van der Waals surface area contributed by atoms with E-state index in [1.807, 2.05) is 19.1 Å². The molecule has 0 spiro atoms. The average Bonchev–Trinajstić information content (AvgIpc) is 3.14. The largest absolute Gasteiger partial charge is 0.441 e. The molecule has 1 aromatic heterocycles. The molecule has 0 aliphatic carbocycles. The van der Waals surface area contributed by atoms with Crippen molar-refractivity contribution in [3.8, 4) is 11.5 Å². The van der Waals surface area contributed by atoms with Crippen LogP contribution >= 0.6 is 0 Å². The predicted octanol–water partition coefficient (Wildman–Crippen LogP) is 4.63. The number of piperidine rings is 1. The first-order chi connectivity index (χ1) is 15.0. The van der Waals surface area contributed by atoms with E-state index in [2.05, 4.69) is 34.3 Å². The number of carbonyl (C=O) groups excluding carboxylic acids is 1. The second-order valence-corrected chi connectivity index (χ2v) is 8.26. The van der Waals surface area contributed by atoms with Gasteiger partial charge in [0.25, 0.3) is 0 Å². The summed E-state index contributed by atoms with van der Waals surface area (Å²) in [4.78, 5) is 19.4. The zero-order chi connectivity index (χ0) is 21.8. The number of rotatable bonds is 6. The zero-order valence-corrected chi connectivity index (χ0v) is 18.0. The van der Waals surface area contributed by atoms with E-state index in [1.165, 1.54) is 11.6 Å². The second-order valence-electron chi connectivity index (χ2n) is 8.26. The normalized spacial score (nSPS) is 15.2. The fourth-order valence-electron chi connectivity index (χ4n) is 3.93. The van der Waals surface area contributed by atoms with Crippen molar-refractivity contribution in [3.05, 3.63) is 76.9 Å². The second kappa shape index (κ2) is 9.43. The lowest BCUT2D eigenvalue weighted by Gasteiger charge is -2.30. The van der Waals surface area contributed by atoms with Crippen LogP contribution in [0.5, 0.6) is 0 Å². The van der Waals surface area contributed by atoms with Gasteiger partial charge in [0.05, 0.1) is 11.3 Å². The van der Waals surface area contributed by atoms with Gasteiger partial charge >= 0.3 is 0 Å². The van der Waals surface area contributed by atoms with Crippen molar-refractivity contribution in [1.29, 1.82) is 0 Å². The molecule has 0 unspecified atom stereocenters. The third-order valence-electron chi connectivity index (χ3n) is 5.92. The molecule has 0 bridgehead atoms. The van der Waals surface area contributed by atoms with E-state index in [9.17, 15) is 9.18 Å². The minimum atomic E-state index is -0.340. The summed E-state index contributed by atoms with van der Waals surface area (Å²) in [7, 11) is 0. The number of oxazole rings is 1. The molecule has 31 heavy (non-hydrogen) atoms. The van der Waals surface area contributed by atoms with Gasteiger partial charge in [0.1, 0.15) is 11.6 Å². The number of nitrogens with one attached hydrogen (secondary N) is 1. The SMILES string of the molecule is Cc1ccc(CNC(=O)C2CCN(Cc3nc(-c4ccccc4F)oc3C)CC2)cc1. The number of carbonyl (C=O) groups is 1. The van der Waals surface area contributed by atoms with Crippen LogP contribution in [0.2, 0.25) is 0 Å². The molecule has 162 valence electrons. The summed E-state index contributed by atoms with van der Waals surface area (Å²) in [5.74, 6) is 0.841. The van der Waals surface area contributed by atoms with E-state index in [1.54, 1.807) is 18.2 Å². The summed E-state index contributed by atoms with van der Waals surface area (Å²) in [6, 6.07) is 14.7. The highest BCUT2D eigenvalue weighted by atomic mass is 19.1. The molecular weight excluding hydrogens is 393 g/mol. The predicted molar refractivity (Wildman–Crippen MR) is 118 cm³/mol. The molecule has 5 nitrogen and oxygen atoms in total. The van der Waals surface area contributed by atoms with Crippen molar-refractivity contribution < 1.29 is 13.6 Å². The molecule has 1 amide bonds. The van der Waals surface area contributed by atoms with Gasteiger partial charge in [0.15, 0.2) is 0 Å². The molecule has 0 atom stereocenters. The first kappa shape index (κ1) is 21.2. The molecule has 1 aliphatic rings. The van der Waals surface area contributed by atoms with Crippen LogP contribution in [0.4, 0.5) is 4.39 Å². The molecule has 1 N–H and O–H groups in total. The van der Waals surface area contributed by atoms with E-state index >= 15 is 0 Å². The minimum absolute atomic E-state index is 0.0362. The van der Waals surface area contributed by atoms with Crippen molar-refractivity contribution in [2.45, 2.75) is 39.8 Å². The van der Waals surface area contributed by atoms with Crippen LogP contribution in [0.25, 0.3) is 11.5 Å². The van der Waals surface area contributed by atoms with E-state index in [4.69, 9.17) is 4.42 Å². The maximum Gasteiger partial charge on any atom is 0.229 e. The Hall–Kier alpha value is -2.99. The van der Waals surface area contributed by atoms with Gasteiger partial charge in [0.2, 0.25) is 11.8 Å². The number of amides is 1. The Labute approximate surface area is 182 Å². The Bertz CT molecular complexity index is 1040. The van der Waals surface area contributed by atoms with Crippen molar-refractivity contribution in [2.75, 3.05) is 13.1 Å². The Morgan fingerprint density at radius 3 is 2.55 bits per heavy atom. The van der Waals surface area contributed by atoms with Gasteiger partial charge in [-0.3, -0.25) is 9.69 Å². The van der Waals surface area contributed by atoms with Crippen LogP contribution in [0, 0.1) is 25.6 Å². The highest BCUT2D eigenvalue weighted by molar-refractivity contribution is 5.78. The number of hydrogen-bond acceptors (Lipinski definition) is 4. The summed E-state index contributed by atoms with van der Waals surface area (Å²) in [5.41, 5.74) is 3.52.